The van der Waals surface area contributed by atoms with Crippen LogP contribution in [0.4, 0.5) is 0 Å². The highest BCUT2D eigenvalue weighted by atomic mass is 16.5. The number of amides is 1. The Hall–Kier alpha value is -2.83. The first-order valence-electron chi connectivity index (χ1n) is 8.65. The van der Waals surface area contributed by atoms with Gasteiger partial charge in [0.1, 0.15) is 5.76 Å². The third-order valence-corrected chi connectivity index (χ3v) is 4.03. The number of likely N-dealkylation sites (N-methyl/N-ethyl adjacent to an activating group) is 1. The first-order chi connectivity index (χ1) is 12.5. The topological polar surface area (TPSA) is 82.8 Å². The van der Waals surface area contributed by atoms with Crippen LogP contribution in [0.15, 0.2) is 39.8 Å². The molecule has 0 saturated carbocycles. The van der Waals surface area contributed by atoms with Gasteiger partial charge in [-0.25, -0.2) is 4.99 Å². The van der Waals surface area contributed by atoms with Gasteiger partial charge < -0.3 is 20.1 Å². The molecule has 0 fully saturated rings. The van der Waals surface area contributed by atoms with Gasteiger partial charge in [-0.1, -0.05) is 35.5 Å². The number of guanidine groups is 1. The fourth-order valence-electron chi connectivity index (χ4n) is 2.35. The smallest absolute Gasteiger partial charge is 0.241 e. The number of rotatable bonds is 7. The first kappa shape index (κ1) is 19.5. The summed E-state index contributed by atoms with van der Waals surface area (Å²) in [6.07, 6.45) is 0.870. The third-order valence-electron chi connectivity index (χ3n) is 4.03. The van der Waals surface area contributed by atoms with E-state index in [0.29, 0.717) is 19.0 Å². The monoisotopic (exact) mass is 357 g/mol. The molecule has 0 bridgehead atoms. The van der Waals surface area contributed by atoms with Crippen molar-refractivity contribution in [2.24, 2.45) is 4.99 Å². The molecule has 0 spiro atoms. The molecule has 2 rings (SSSR count). The average molecular weight is 357 g/mol. The van der Waals surface area contributed by atoms with Crippen molar-refractivity contribution in [2.45, 2.75) is 26.8 Å². The van der Waals surface area contributed by atoms with Gasteiger partial charge in [0.15, 0.2) is 5.96 Å². The number of hydrogen-bond acceptors (Lipinski definition) is 4. The third kappa shape index (κ3) is 5.91. The predicted octanol–water partition coefficient (Wildman–Crippen LogP) is 1.66. The van der Waals surface area contributed by atoms with E-state index in [4.69, 9.17) is 4.52 Å². The molecule has 7 nitrogen and oxygen atoms in total. The Labute approximate surface area is 154 Å². The summed E-state index contributed by atoms with van der Waals surface area (Å²) in [5, 5.41) is 10.3. The molecule has 1 aromatic carbocycles. The maximum absolute atomic E-state index is 11.8. The number of carbonyl (C=O) groups is 1. The molecule has 2 aromatic rings. The number of aliphatic imine (C=N–C) groups is 1. The van der Waals surface area contributed by atoms with Gasteiger partial charge >= 0.3 is 0 Å². The van der Waals surface area contributed by atoms with Crippen molar-refractivity contribution in [1.82, 2.24) is 20.7 Å². The molecule has 140 valence electrons. The molecular weight excluding hydrogens is 330 g/mol. The summed E-state index contributed by atoms with van der Waals surface area (Å²) in [7, 11) is 3.46. The Morgan fingerprint density at radius 3 is 2.54 bits per heavy atom. The Morgan fingerprint density at radius 2 is 1.92 bits per heavy atom. The van der Waals surface area contributed by atoms with E-state index in [2.05, 4.69) is 32.9 Å². The summed E-state index contributed by atoms with van der Waals surface area (Å²) >= 11 is 0. The minimum absolute atomic E-state index is 0.0140. The van der Waals surface area contributed by atoms with Crippen LogP contribution < -0.4 is 10.6 Å². The van der Waals surface area contributed by atoms with Crippen LogP contribution in [-0.4, -0.2) is 49.1 Å². The number of benzene rings is 1. The van der Waals surface area contributed by atoms with E-state index >= 15 is 0 Å². The van der Waals surface area contributed by atoms with Crippen LogP contribution in [0.3, 0.4) is 0 Å². The van der Waals surface area contributed by atoms with Gasteiger partial charge in [0.25, 0.3) is 0 Å². The first-order valence-corrected chi connectivity index (χ1v) is 8.65. The molecule has 26 heavy (non-hydrogen) atoms. The Morgan fingerprint density at radius 1 is 1.19 bits per heavy atom. The quantitative estimate of drug-likeness (QED) is 0.582. The lowest BCUT2D eigenvalue weighted by Gasteiger charge is -2.15. The normalized spacial score (nSPS) is 11.3. The second-order valence-corrected chi connectivity index (χ2v) is 6.27. The van der Waals surface area contributed by atoms with Crippen molar-refractivity contribution in [1.29, 1.82) is 0 Å². The maximum atomic E-state index is 11.8. The standard InChI is InChI=1S/C19H27N5O2/c1-14-17(15(2)26-23-14)12-21-19(22-13-18(25)24(3)4)20-11-10-16-8-6-5-7-9-16/h5-9H,10-13H2,1-4H3,(H2,20,21,22). The van der Waals surface area contributed by atoms with E-state index < -0.39 is 0 Å². The molecular formula is C19H27N5O2. The van der Waals surface area contributed by atoms with Gasteiger partial charge in [-0.05, 0) is 25.8 Å². The van der Waals surface area contributed by atoms with Crippen LogP contribution in [0.1, 0.15) is 22.6 Å². The van der Waals surface area contributed by atoms with Crippen LogP contribution in [-0.2, 0) is 17.8 Å². The largest absolute Gasteiger partial charge is 0.361 e. The van der Waals surface area contributed by atoms with E-state index in [0.717, 1.165) is 23.4 Å². The van der Waals surface area contributed by atoms with Gasteiger partial charge in [-0.15, -0.1) is 0 Å². The summed E-state index contributed by atoms with van der Waals surface area (Å²) < 4.78 is 5.18. The van der Waals surface area contributed by atoms with E-state index in [1.165, 1.54) is 5.56 Å². The van der Waals surface area contributed by atoms with Gasteiger partial charge in [-0.2, -0.15) is 0 Å². The van der Waals surface area contributed by atoms with Crippen LogP contribution in [0.2, 0.25) is 0 Å². The van der Waals surface area contributed by atoms with Crippen molar-refractivity contribution < 1.29 is 9.32 Å². The van der Waals surface area contributed by atoms with Crippen molar-refractivity contribution >= 4 is 11.9 Å². The zero-order valence-electron chi connectivity index (χ0n) is 15.9. The molecule has 0 atom stereocenters. The number of nitrogens with one attached hydrogen (secondary N) is 2. The van der Waals surface area contributed by atoms with Crippen molar-refractivity contribution in [3.05, 3.63) is 52.9 Å². The number of carbonyl (C=O) groups excluding carboxylic acids is 1. The molecule has 0 aliphatic carbocycles. The fourth-order valence-corrected chi connectivity index (χ4v) is 2.35. The number of nitrogens with zero attached hydrogens (tertiary/aromatic N) is 3. The van der Waals surface area contributed by atoms with Crippen molar-refractivity contribution in [3.8, 4) is 0 Å². The highest BCUT2D eigenvalue weighted by Crippen LogP contribution is 2.12. The average Bonchev–Trinajstić information content (AvgIpc) is 2.95. The molecule has 0 radical (unpaired) electrons. The van der Waals surface area contributed by atoms with E-state index in [-0.39, 0.29) is 12.5 Å². The highest BCUT2D eigenvalue weighted by molar-refractivity contribution is 5.86. The van der Waals surface area contributed by atoms with E-state index in [1.54, 1.807) is 19.0 Å². The summed E-state index contributed by atoms with van der Waals surface area (Å²) in [6, 6.07) is 10.2. The Bertz CT molecular complexity index is 718. The maximum Gasteiger partial charge on any atom is 0.241 e. The van der Waals surface area contributed by atoms with Gasteiger partial charge in [0.2, 0.25) is 5.91 Å². The highest BCUT2D eigenvalue weighted by Gasteiger charge is 2.10. The van der Waals surface area contributed by atoms with Gasteiger partial charge in [0.05, 0.1) is 18.8 Å². The summed E-state index contributed by atoms with van der Waals surface area (Å²) in [5.74, 6) is 1.34. The molecule has 0 aliphatic heterocycles. The van der Waals surface area contributed by atoms with Crippen LogP contribution in [0.25, 0.3) is 0 Å². The van der Waals surface area contributed by atoms with Crippen LogP contribution in [0.5, 0.6) is 0 Å². The summed E-state index contributed by atoms with van der Waals surface area (Å²) in [5.41, 5.74) is 3.04. The lowest BCUT2D eigenvalue weighted by Crippen LogP contribution is -2.43. The zero-order chi connectivity index (χ0) is 18.9. The molecule has 0 unspecified atom stereocenters. The molecule has 1 amide bonds. The lowest BCUT2D eigenvalue weighted by atomic mass is 10.1. The van der Waals surface area contributed by atoms with E-state index in [9.17, 15) is 4.79 Å². The second kappa shape index (κ2) is 9.60. The van der Waals surface area contributed by atoms with Crippen molar-refractivity contribution in [2.75, 3.05) is 27.2 Å². The second-order valence-electron chi connectivity index (χ2n) is 6.27. The summed E-state index contributed by atoms with van der Waals surface area (Å²) in [6.45, 7) is 5.11. The number of hydrogen-bond donors (Lipinski definition) is 2. The zero-order valence-corrected chi connectivity index (χ0v) is 15.9. The molecule has 2 N–H and O–H groups in total. The SMILES string of the molecule is Cc1noc(C)c1CN=C(NCCc1ccccc1)NCC(=O)N(C)C. The van der Waals surface area contributed by atoms with Gasteiger partial charge in [-0.3, -0.25) is 4.79 Å². The Kier molecular flexibility index (Phi) is 7.20. The molecule has 7 heteroatoms. The minimum Gasteiger partial charge on any atom is -0.361 e. The van der Waals surface area contributed by atoms with Crippen LogP contribution >= 0.6 is 0 Å². The number of aromatic nitrogens is 1. The molecule has 1 heterocycles. The minimum atomic E-state index is -0.0140. The molecule has 0 saturated heterocycles. The van der Waals surface area contributed by atoms with Crippen LogP contribution in [0, 0.1) is 13.8 Å². The lowest BCUT2D eigenvalue weighted by molar-refractivity contribution is -0.127. The summed E-state index contributed by atoms with van der Waals surface area (Å²) in [4.78, 5) is 18.0. The molecule has 1 aromatic heterocycles. The Balaban J connectivity index is 1.98. The fraction of sp³-hybridized carbons (Fsp3) is 0.421. The van der Waals surface area contributed by atoms with Gasteiger partial charge in [0, 0.05) is 26.2 Å². The van der Waals surface area contributed by atoms with E-state index in [1.807, 2.05) is 32.0 Å². The predicted molar refractivity (Wildman–Crippen MR) is 102 cm³/mol. The number of aryl methyl sites for hydroxylation is 2. The molecule has 0 aliphatic rings. The van der Waals surface area contributed by atoms with Crippen molar-refractivity contribution in [3.63, 3.8) is 0 Å².